The highest BCUT2D eigenvalue weighted by Gasteiger charge is 2.21. The molecule has 0 spiro atoms. The van der Waals surface area contributed by atoms with Crippen LogP contribution in [0, 0.1) is 0 Å². The van der Waals surface area contributed by atoms with E-state index in [-0.39, 0.29) is 0 Å². The molecule has 4 nitrogen and oxygen atoms in total. The maximum Gasteiger partial charge on any atom is 0.164 e. The molecular formula is C58H40N4S. The van der Waals surface area contributed by atoms with Crippen molar-refractivity contribution in [1.82, 2.24) is 19.5 Å². The Morgan fingerprint density at radius 3 is 1.57 bits per heavy atom. The molecule has 0 atom stereocenters. The molecule has 0 saturated heterocycles. The first-order valence-electron chi connectivity index (χ1n) is 21.2. The van der Waals surface area contributed by atoms with Crippen molar-refractivity contribution in [3.8, 4) is 73.2 Å². The van der Waals surface area contributed by atoms with E-state index in [9.17, 15) is 0 Å². The fourth-order valence-electron chi connectivity index (χ4n) is 8.75. The normalized spacial score (nSPS) is 11.6. The van der Waals surface area contributed by atoms with Gasteiger partial charge in [-0.1, -0.05) is 195 Å². The fraction of sp³-hybridized carbons (Fsp3) is 0.0172. The number of benzene rings is 8. The minimum Gasteiger partial charge on any atom is -0.308 e. The third-order valence-electron chi connectivity index (χ3n) is 11.8. The summed E-state index contributed by atoms with van der Waals surface area (Å²) in [4.78, 5) is 15.4. The van der Waals surface area contributed by atoms with Crippen LogP contribution < -0.4 is 0 Å². The van der Waals surface area contributed by atoms with Crippen LogP contribution >= 0.6 is 11.3 Å². The van der Waals surface area contributed by atoms with E-state index in [0.29, 0.717) is 17.5 Å². The van der Waals surface area contributed by atoms with Gasteiger partial charge in [-0.15, -0.1) is 11.3 Å². The average Bonchev–Trinajstić information content (AvgIpc) is 3.90. The second kappa shape index (κ2) is 16.1. The summed E-state index contributed by atoms with van der Waals surface area (Å²) in [7, 11) is 0. The zero-order chi connectivity index (χ0) is 42.3. The Balaban J connectivity index is 1.02. The number of nitrogens with zero attached hydrogens (tertiary/aromatic N) is 4. The molecule has 298 valence electrons. The predicted octanol–water partition coefficient (Wildman–Crippen LogP) is 15.9. The van der Waals surface area contributed by atoms with E-state index in [0.717, 1.165) is 50.3 Å². The van der Waals surface area contributed by atoms with Crippen LogP contribution in [0.4, 0.5) is 0 Å². The summed E-state index contributed by atoms with van der Waals surface area (Å²) in [5, 5.41) is 3.71. The van der Waals surface area contributed by atoms with E-state index >= 15 is 0 Å². The van der Waals surface area contributed by atoms with Crippen LogP contribution in [0.5, 0.6) is 0 Å². The molecule has 11 rings (SSSR count). The minimum absolute atomic E-state index is 0.623. The van der Waals surface area contributed by atoms with Gasteiger partial charge in [0.25, 0.3) is 0 Å². The molecule has 0 saturated carbocycles. The summed E-state index contributed by atoms with van der Waals surface area (Å²) in [5.41, 5.74) is 14.3. The van der Waals surface area contributed by atoms with Crippen molar-refractivity contribution in [2.24, 2.45) is 0 Å². The number of hydrogen-bond acceptors (Lipinski definition) is 4. The Morgan fingerprint density at radius 1 is 0.444 bits per heavy atom. The highest BCUT2D eigenvalue weighted by Crippen LogP contribution is 2.46. The van der Waals surface area contributed by atoms with Gasteiger partial charge >= 0.3 is 0 Å². The summed E-state index contributed by atoms with van der Waals surface area (Å²) in [6.45, 7) is 6.34. The van der Waals surface area contributed by atoms with Gasteiger partial charge in [-0.3, -0.25) is 0 Å². The molecule has 0 amide bonds. The van der Waals surface area contributed by atoms with Crippen molar-refractivity contribution in [1.29, 1.82) is 0 Å². The van der Waals surface area contributed by atoms with Gasteiger partial charge < -0.3 is 4.57 Å². The molecule has 0 aliphatic carbocycles. The molecule has 0 aliphatic heterocycles. The van der Waals surface area contributed by atoms with Gasteiger partial charge in [0.1, 0.15) is 0 Å². The molecular weight excluding hydrogens is 785 g/mol. The first-order chi connectivity index (χ1) is 31.1. The second-order valence-corrected chi connectivity index (χ2v) is 16.6. The fourth-order valence-corrected chi connectivity index (χ4v) is 10.1. The molecule has 0 aliphatic rings. The van der Waals surface area contributed by atoms with Crippen LogP contribution in [0.25, 0.3) is 116 Å². The van der Waals surface area contributed by atoms with E-state index < -0.39 is 0 Å². The third-order valence-corrected chi connectivity index (χ3v) is 13.0. The lowest BCUT2D eigenvalue weighted by molar-refractivity contribution is 1.07. The zero-order valence-corrected chi connectivity index (χ0v) is 35.4. The van der Waals surface area contributed by atoms with Gasteiger partial charge in [0.05, 0.1) is 15.9 Å². The number of allylic oxidation sites excluding steroid dienone is 1. The highest BCUT2D eigenvalue weighted by molar-refractivity contribution is 7.27. The summed E-state index contributed by atoms with van der Waals surface area (Å²) in [6.07, 6.45) is 6.29. The number of hydrogen-bond donors (Lipinski definition) is 0. The number of aromatic nitrogens is 4. The Bertz CT molecular complexity index is 3490. The quantitative estimate of drug-likeness (QED) is 0.146. The topological polar surface area (TPSA) is 43.6 Å². The number of thiophene rings is 1. The third kappa shape index (κ3) is 6.85. The SMILES string of the molecule is C=Cc1c(/C=C\C)c2ccc3c4cccc(-c5ccc(-c6nc(-c7ccc(-c8ccccc8)cc7)nc(-c7cccc(-c8ccccc8)c7)n6)cc5)c4sc3c2n1-c1ccccc1. The van der Waals surface area contributed by atoms with E-state index in [2.05, 4.69) is 212 Å². The largest absolute Gasteiger partial charge is 0.308 e. The molecule has 0 bridgehead atoms. The monoisotopic (exact) mass is 824 g/mol. The second-order valence-electron chi connectivity index (χ2n) is 15.6. The first-order valence-corrected chi connectivity index (χ1v) is 22.0. The molecule has 0 radical (unpaired) electrons. The van der Waals surface area contributed by atoms with Crippen molar-refractivity contribution in [3.63, 3.8) is 0 Å². The average molecular weight is 825 g/mol. The van der Waals surface area contributed by atoms with Crippen LogP contribution in [-0.2, 0) is 0 Å². The van der Waals surface area contributed by atoms with Crippen LogP contribution in [-0.4, -0.2) is 19.5 Å². The summed E-state index contributed by atoms with van der Waals surface area (Å²) in [5.74, 6) is 1.88. The van der Waals surface area contributed by atoms with E-state index in [1.807, 2.05) is 29.5 Å². The molecule has 5 heteroatoms. The molecule has 3 heterocycles. The predicted molar refractivity (Wildman–Crippen MR) is 267 cm³/mol. The van der Waals surface area contributed by atoms with E-state index in [4.69, 9.17) is 15.0 Å². The van der Waals surface area contributed by atoms with Crippen molar-refractivity contribution in [2.45, 2.75) is 6.92 Å². The van der Waals surface area contributed by atoms with Gasteiger partial charge in [0.2, 0.25) is 0 Å². The van der Waals surface area contributed by atoms with Crippen LogP contribution in [0.3, 0.4) is 0 Å². The maximum absolute atomic E-state index is 5.14. The van der Waals surface area contributed by atoms with Crippen molar-refractivity contribution in [2.75, 3.05) is 0 Å². The molecule has 0 fully saturated rings. The smallest absolute Gasteiger partial charge is 0.164 e. The molecule has 63 heavy (non-hydrogen) atoms. The van der Waals surface area contributed by atoms with Crippen molar-refractivity contribution < 1.29 is 0 Å². The Morgan fingerprint density at radius 2 is 0.937 bits per heavy atom. The summed E-state index contributed by atoms with van der Waals surface area (Å²) >= 11 is 1.86. The van der Waals surface area contributed by atoms with Gasteiger partial charge in [0.15, 0.2) is 17.5 Å². The number of fused-ring (bicyclic) bond motifs is 5. The molecule has 0 N–H and O–H groups in total. The lowest BCUT2D eigenvalue weighted by Gasteiger charge is -2.11. The number of rotatable bonds is 9. The van der Waals surface area contributed by atoms with Crippen LogP contribution in [0.15, 0.2) is 207 Å². The van der Waals surface area contributed by atoms with E-state index in [1.165, 1.54) is 47.8 Å². The lowest BCUT2D eigenvalue weighted by atomic mass is 10.0. The standard InChI is InChI=1S/C58H40N4S/c1-3-16-48-49-35-36-51-50-26-15-25-47(54(50)63-55(51)53(49)62(52(48)4-2)46-23-12-7-13-24-46)41-29-33-43(34-30-41)57-59-56(42-31-27-40(28-32-42)38-17-8-5-9-18-38)60-58(61-57)45-22-14-21-44(37-45)39-19-10-6-11-20-39/h3-37H,2H2,1H3/b16-3-. The van der Waals surface area contributed by atoms with Crippen LogP contribution in [0.2, 0.25) is 0 Å². The number of para-hydroxylation sites is 1. The molecule has 3 aromatic heterocycles. The van der Waals surface area contributed by atoms with Gasteiger partial charge in [-0.25, -0.2) is 15.0 Å². The maximum atomic E-state index is 5.14. The lowest BCUT2D eigenvalue weighted by Crippen LogP contribution is -2.00. The van der Waals surface area contributed by atoms with Gasteiger partial charge in [0, 0.05) is 48.8 Å². The Labute approximate surface area is 370 Å². The molecule has 0 unspecified atom stereocenters. The van der Waals surface area contributed by atoms with Gasteiger partial charge in [-0.2, -0.15) is 0 Å². The highest BCUT2D eigenvalue weighted by atomic mass is 32.1. The summed E-state index contributed by atoms with van der Waals surface area (Å²) in [6, 6.07) is 68.3. The van der Waals surface area contributed by atoms with Crippen molar-refractivity contribution >= 4 is 54.6 Å². The minimum atomic E-state index is 0.623. The Hall–Kier alpha value is -7.99. The van der Waals surface area contributed by atoms with Crippen molar-refractivity contribution in [3.05, 3.63) is 218 Å². The van der Waals surface area contributed by atoms with Crippen LogP contribution in [0.1, 0.15) is 18.2 Å². The summed E-state index contributed by atoms with van der Waals surface area (Å²) < 4.78 is 4.88. The molecule has 11 aromatic rings. The zero-order valence-electron chi connectivity index (χ0n) is 34.6. The van der Waals surface area contributed by atoms with E-state index in [1.54, 1.807) is 0 Å². The Kier molecular flexibility index (Phi) is 9.72. The molecule has 8 aromatic carbocycles. The van der Waals surface area contributed by atoms with Gasteiger partial charge in [-0.05, 0) is 64.6 Å². The first kappa shape index (κ1) is 38.0.